The van der Waals surface area contributed by atoms with Crippen LogP contribution in [0.1, 0.15) is 12.5 Å². The van der Waals surface area contributed by atoms with Crippen LogP contribution in [0.25, 0.3) is 0 Å². The number of allylic oxidation sites excluding steroid dienone is 2. The van der Waals surface area contributed by atoms with Crippen LogP contribution in [0.5, 0.6) is 11.5 Å². The minimum Gasteiger partial charge on any atom is -0.493 e. The Morgan fingerprint density at radius 3 is 2.68 bits per heavy atom. The molecular formula is C20H21N3O5. The van der Waals surface area contributed by atoms with Crippen LogP contribution in [0.2, 0.25) is 0 Å². The number of fused-ring (bicyclic) bond motifs is 1. The zero-order valence-electron chi connectivity index (χ0n) is 15.9. The molecule has 1 N–H and O–H groups in total. The molecule has 2 heterocycles. The second-order valence-electron chi connectivity index (χ2n) is 6.34. The normalized spacial score (nSPS) is 18.2. The van der Waals surface area contributed by atoms with Crippen molar-refractivity contribution in [2.24, 2.45) is 10.9 Å². The number of aliphatic imine (C=N–C) groups is 1. The molecule has 3 amide bonds. The number of nitrogens with zero attached hydrogens (tertiary/aromatic N) is 2. The van der Waals surface area contributed by atoms with E-state index in [1.807, 2.05) is 12.1 Å². The van der Waals surface area contributed by atoms with E-state index in [0.29, 0.717) is 23.5 Å². The summed E-state index contributed by atoms with van der Waals surface area (Å²) in [4.78, 5) is 42.5. The van der Waals surface area contributed by atoms with Gasteiger partial charge in [0.25, 0.3) is 11.8 Å². The Morgan fingerprint density at radius 2 is 1.96 bits per heavy atom. The van der Waals surface area contributed by atoms with Gasteiger partial charge in [0.05, 0.1) is 14.2 Å². The highest BCUT2D eigenvalue weighted by Crippen LogP contribution is 2.27. The maximum absolute atomic E-state index is 12.6. The molecule has 0 spiro atoms. The summed E-state index contributed by atoms with van der Waals surface area (Å²) in [6.07, 6.45) is 5.43. The van der Waals surface area contributed by atoms with Gasteiger partial charge < -0.3 is 14.8 Å². The number of ether oxygens (including phenoxy) is 2. The largest absolute Gasteiger partial charge is 0.493 e. The van der Waals surface area contributed by atoms with Crippen LogP contribution in [0.15, 0.2) is 47.1 Å². The molecule has 1 aromatic carbocycles. The van der Waals surface area contributed by atoms with E-state index < -0.39 is 23.6 Å². The third kappa shape index (κ3) is 3.66. The molecule has 3 rings (SSSR count). The Balaban J connectivity index is 1.64. The Hall–Kier alpha value is -3.42. The third-order valence-electron chi connectivity index (χ3n) is 4.53. The van der Waals surface area contributed by atoms with E-state index in [1.54, 1.807) is 39.4 Å². The SMILES string of the molecule is COc1ccc(CCNC(=O)C2C(=O)N=C3C(C)=CC=CN3C2=O)cc1OC. The molecule has 0 aromatic heterocycles. The van der Waals surface area contributed by atoms with Gasteiger partial charge in [-0.15, -0.1) is 0 Å². The quantitative estimate of drug-likeness (QED) is 0.745. The lowest BCUT2D eigenvalue weighted by atomic mass is 10.0. The number of amidine groups is 1. The monoisotopic (exact) mass is 383 g/mol. The van der Waals surface area contributed by atoms with Gasteiger partial charge in [-0.05, 0) is 42.7 Å². The third-order valence-corrected chi connectivity index (χ3v) is 4.53. The Bertz CT molecular complexity index is 916. The number of rotatable bonds is 6. The number of hydrogen-bond acceptors (Lipinski definition) is 5. The van der Waals surface area contributed by atoms with Gasteiger partial charge in [0, 0.05) is 12.7 Å². The second kappa shape index (κ2) is 8.08. The number of hydrogen-bond donors (Lipinski definition) is 1. The second-order valence-corrected chi connectivity index (χ2v) is 6.34. The van der Waals surface area contributed by atoms with Crippen molar-refractivity contribution >= 4 is 23.6 Å². The summed E-state index contributed by atoms with van der Waals surface area (Å²) in [6.45, 7) is 2.01. The van der Waals surface area contributed by atoms with E-state index in [1.165, 1.54) is 11.1 Å². The summed E-state index contributed by atoms with van der Waals surface area (Å²) in [5.74, 6) is -1.99. The molecule has 1 unspecified atom stereocenters. The fourth-order valence-corrected chi connectivity index (χ4v) is 3.03. The van der Waals surface area contributed by atoms with Gasteiger partial charge in [0.2, 0.25) is 5.91 Å². The van der Waals surface area contributed by atoms with Crippen molar-refractivity contribution in [2.45, 2.75) is 13.3 Å². The number of benzene rings is 1. The molecule has 0 bridgehead atoms. The van der Waals surface area contributed by atoms with Crippen LogP contribution in [0.3, 0.4) is 0 Å². The molecule has 0 fully saturated rings. The van der Waals surface area contributed by atoms with Gasteiger partial charge in [-0.1, -0.05) is 12.1 Å². The topological polar surface area (TPSA) is 97.3 Å². The summed E-state index contributed by atoms with van der Waals surface area (Å²) in [5.41, 5.74) is 1.61. The van der Waals surface area contributed by atoms with Gasteiger partial charge in [0.1, 0.15) is 5.84 Å². The predicted octanol–water partition coefficient (Wildman–Crippen LogP) is 1.22. The number of carbonyl (C=O) groups excluding carboxylic acids is 3. The maximum Gasteiger partial charge on any atom is 0.269 e. The molecule has 8 heteroatoms. The van der Waals surface area contributed by atoms with Crippen LogP contribution in [0.4, 0.5) is 0 Å². The minimum atomic E-state index is -1.47. The van der Waals surface area contributed by atoms with E-state index in [-0.39, 0.29) is 12.4 Å². The molecule has 0 radical (unpaired) electrons. The van der Waals surface area contributed by atoms with Crippen molar-refractivity contribution in [1.82, 2.24) is 10.2 Å². The summed E-state index contributed by atoms with van der Waals surface area (Å²) in [5, 5.41) is 2.65. The predicted molar refractivity (Wildman–Crippen MR) is 102 cm³/mol. The highest BCUT2D eigenvalue weighted by molar-refractivity contribution is 6.28. The number of carbonyl (C=O) groups is 3. The van der Waals surface area contributed by atoms with E-state index >= 15 is 0 Å². The summed E-state index contributed by atoms with van der Waals surface area (Å²) >= 11 is 0. The molecule has 2 aliphatic heterocycles. The number of nitrogens with one attached hydrogen (secondary N) is 1. The van der Waals surface area contributed by atoms with Crippen molar-refractivity contribution in [1.29, 1.82) is 0 Å². The first-order valence-corrected chi connectivity index (χ1v) is 8.76. The zero-order valence-corrected chi connectivity index (χ0v) is 15.9. The Morgan fingerprint density at radius 1 is 1.21 bits per heavy atom. The average molecular weight is 383 g/mol. The lowest BCUT2D eigenvalue weighted by molar-refractivity contribution is -0.144. The van der Waals surface area contributed by atoms with Gasteiger partial charge in [-0.25, -0.2) is 0 Å². The van der Waals surface area contributed by atoms with E-state index in [0.717, 1.165) is 5.56 Å². The highest BCUT2D eigenvalue weighted by Gasteiger charge is 2.42. The molecule has 2 aliphatic rings. The first kappa shape index (κ1) is 19.3. The highest BCUT2D eigenvalue weighted by atomic mass is 16.5. The first-order chi connectivity index (χ1) is 13.5. The summed E-state index contributed by atoms with van der Waals surface area (Å²) in [7, 11) is 3.10. The van der Waals surface area contributed by atoms with E-state index in [2.05, 4.69) is 10.3 Å². The molecule has 28 heavy (non-hydrogen) atoms. The molecule has 0 saturated carbocycles. The molecule has 146 valence electrons. The van der Waals surface area contributed by atoms with Crippen molar-refractivity contribution in [2.75, 3.05) is 20.8 Å². The maximum atomic E-state index is 12.6. The van der Waals surface area contributed by atoms with Crippen molar-refractivity contribution in [3.63, 3.8) is 0 Å². The van der Waals surface area contributed by atoms with Crippen molar-refractivity contribution in [3.8, 4) is 11.5 Å². The zero-order chi connectivity index (χ0) is 20.3. The smallest absolute Gasteiger partial charge is 0.269 e. The van der Waals surface area contributed by atoms with Crippen LogP contribution in [0, 0.1) is 5.92 Å². The van der Waals surface area contributed by atoms with Gasteiger partial charge in [-0.2, -0.15) is 4.99 Å². The van der Waals surface area contributed by atoms with Crippen LogP contribution in [-0.4, -0.2) is 49.2 Å². The van der Waals surface area contributed by atoms with E-state index in [9.17, 15) is 14.4 Å². The van der Waals surface area contributed by atoms with Crippen LogP contribution >= 0.6 is 0 Å². The van der Waals surface area contributed by atoms with E-state index in [4.69, 9.17) is 9.47 Å². The molecular weight excluding hydrogens is 362 g/mol. The Kier molecular flexibility index (Phi) is 5.58. The molecule has 1 aromatic rings. The van der Waals surface area contributed by atoms with Crippen LogP contribution < -0.4 is 14.8 Å². The Labute approximate surface area is 162 Å². The molecule has 8 nitrogen and oxygen atoms in total. The lowest BCUT2D eigenvalue weighted by Gasteiger charge is -2.29. The standard InChI is InChI=1S/C20H21N3O5/c1-12-5-4-10-23-17(12)22-19(25)16(20(23)26)18(24)21-9-8-13-6-7-14(27-2)15(11-13)28-3/h4-7,10-11,16H,8-9H2,1-3H3,(H,21,24). The number of methoxy groups -OCH3 is 2. The van der Waals surface area contributed by atoms with Gasteiger partial charge in [-0.3, -0.25) is 19.3 Å². The van der Waals surface area contributed by atoms with Gasteiger partial charge >= 0.3 is 0 Å². The fourth-order valence-electron chi connectivity index (χ4n) is 3.03. The number of amides is 3. The lowest BCUT2D eigenvalue weighted by Crippen LogP contribution is -2.51. The average Bonchev–Trinajstić information content (AvgIpc) is 2.68. The van der Waals surface area contributed by atoms with Crippen LogP contribution in [-0.2, 0) is 20.8 Å². The summed E-state index contributed by atoms with van der Waals surface area (Å²) in [6, 6.07) is 5.44. The van der Waals surface area contributed by atoms with Gasteiger partial charge in [0.15, 0.2) is 17.4 Å². The fraction of sp³-hybridized carbons (Fsp3) is 0.300. The summed E-state index contributed by atoms with van der Waals surface area (Å²) < 4.78 is 10.4. The molecule has 0 aliphatic carbocycles. The van der Waals surface area contributed by atoms with Crippen molar-refractivity contribution in [3.05, 3.63) is 47.7 Å². The molecule has 0 saturated heterocycles. The minimum absolute atomic E-state index is 0.261. The molecule has 1 atom stereocenters. The van der Waals surface area contributed by atoms with Crippen molar-refractivity contribution < 1.29 is 23.9 Å². The first-order valence-electron chi connectivity index (χ1n) is 8.76.